The summed E-state index contributed by atoms with van der Waals surface area (Å²) in [5, 5.41) is 8.69. The molecular weight excluding hydrogens is 252 g/mol. The van der Waals surface area contributed by atoms with Gasteiger partial charge in [0.15, 0.2) is 0 Å². The summed E-state index contributed by atoms with van der Waals surface area (Å²) >= 11 is 0. The molecule has 0 amide bonds. The summed E-state index contributed by atoms with van der Waals surface area (Å²) in [6.45, 7) is 8.87. The Hall–Kier alpha value is -0.433. The maximum Gasteiger partial charge on any atom is 0.501 e. The fraction of sp³-hybridized carbons (Fsp3) is 0.917. The van der Waals surface area contributed by atoms with Crippen molar-refractivity contribution in [2.45, 2.75) is 59.1 Å². The van der Waals surface area contributed by atoms with Crippen LogP contribution in [0.4, 0.5) is 0 Å². The van der Waals surface area contributed by atoms with Crippen LogP contribution in [0.25, 0.3) is 0 Å². The van der Waals surface area contributed by atoms with E-state index in [0.717, 1.165) is 6.42 Å². The summed E-state index contributed by atoms with van der Waals surface area (Å²) in [5.41, 5.74) is 0. The third-order valence-corrected chi connectivity index (χ3v) is 5.74. The quantitative estimate of drug-likeness (QED) is 0.589. The van der Waals surface area contributed by atoms with Crippen LogP contribution < -0.4 is 0 Å². The zero-order valence-corrected chi connectivity index (χ0v) is 12.9. The highest BCUT2D eigenvalue weighted by atomic mass is 28.4. The Labute approximate surface area is 111 Å². The number of carbonyl (C=O) groups is 1. The SMILES string of the molecule is CCO[Si](CCCC(=O)O)(OCC)OC(C)CC. The number of hydrogen-bond donors (Lipinski definition) is 1. The minimum absolute atomic E-state index is 0.0691. The smallest absolute Gasteiger partial charge is 0.481 e. The van der Waals surface area contributed by atoms with Gasteiger partial charge in [0.05, 0.1) is 0 Å². The summed E-state index contributed by atoms with van der Waals surface area (Å²) in [7, 11) is -2.71. The molecule has 0 saturated heterocycles. The van der Waals surface area contributed by atoms with E-state index < -0.39 is 14.8 Å². The van der Waals surface area contributed by atoms with Crippen molar-refractivity contribution in [2.24, 2.45) is 0 Å². The number of carboxylic acids is 1. The van der Waals surface area contributed by atoms with E-state index in [0.29, 0.717) is 25.7 Å². The highest BCUT2D eigenvalue weighted by molar-refractivity contribution is 6.60. The van der Waals surface area contributed by atoms with Gasteiger partial charge >= 0.3 is 14.8 Å². The Kier molecular flexibility index (Phi) is 9.26. The van der Waals surface area contributed by atoms with Gasteiger partial charge in [-0.1, -0.05) is 6.92 Å². The minimum atomic E-state index is -2.71. The molecule has 0 aromatic rings. The van der Waals surface area contributed by atoms with Crippen LogP contribution in [-0.2, 0) is 18.1 Å². The van der Waals surface area contributed by atoms with Crippen molar-refractivity contribution in [1.82, 2.24) is 0 Å². The topological polar surface area (TPSA) is 65.0 Å². The lowest BCUT2D eigenvalue weighted by molar-refractivity contribution is -0.137. The van der Waals surface area contributed by atoms with Gasteiger partial charge in [0.1, 0.15) is 0 Å². The fourth-order valence-corrected chi connectivity index (χ4v) is 4.49. The standard InChI is InChI=1S/C12H26O5Si/c1-5-11(4)17-18(15-6-2,16-7-3)10-8-9-12(13)14/h11H,5-10H2,1-4H3,(H,13,14). The monoisotopic (exact) mass is 278 g/mol. The van der Waals surface area contributed by atoms with E-state index in [1.807, 2.05) is 27.7 Å². The number of hydrogen-bond acceptors (Lipinski definition) is 4. The first-order chi connectivity index (χ1) is 8.49. The molecule has 1 unspecified atom stereocenters. The molecule has 0 aliphatic heterocycles. The first-order valence-electron chi connectivity index (χ1n) is 6.67. The van der Waals surface area contributed by atoms with Gasteiger partial charge < -0.3 is 18.4 Å². The maximum absolute atomic E-state index is 10.6. The van der Waals surface area contributed by atoms with E-state index >= 15 is 0 Å². The van der Waals surface area contributed by atoms with Gasteiger partial charge in [0, 0.05) is 31.8 Å². The molecule has 0 aliphatic carbocycles. The Morgan fingerprint density at radius 3 is 2.17 bits per heavy atom. The van der Waals surface area contributed by atoms with E-state index in [4.69, 9.17) is 18.4 Å². The summed E-state index contributed by atoms with van der Waals surface area (Å²) in [4.78, 5) is 10.6. The van der Waals surface area contributed by atoms with Gasteiger partial charge in [-0.15, -0.1) is 0 Å². The molecular formula is C12H26O5Si. The maximum atomic E-state index is 10.6. The van der Waals surface area contributed by atoms with Crippen molar-refractivity contribution >= 4 is 14.8 Å². The van der Waals surface area contributed by atoms with Crippen molar-refractivity contribution in [3.63, 3.8) is 0 Å². The van der Waals surface area contributed by atoms with E-state index in [9.17, 15) is 4.79 Å². The highest BCUT2D eigenvalue weighted by Gasteiger charge is 2.41. The molecule has 0 rings (SSSR count). The van der Waals surface area contributed by atoms with Crippen LogP contribution in [0.3, 0.4) is 0 Å². The highest BCUT2D eigenvalue weighted by Crippen LogP contribution is 2.22. The van der Waals surface area contributed by atoms with Crippen LogP contribution >= 0.6 is 0 Å². The molecule has 0 spiro atoms. The molecule has 0 fully saturated rings. The second-order valence-corrected chi connectivity index (χ2v) is 6.81. The van der Waals surface area contributed by atoms with Gasteiger partial charge in [-0.05, 0) is 33.6 Å². The van der Waals surface area contributed by atoms with E-state index in [-0.39, 0.29) is 12.5 Å². The van der Waals surface area contributed by atoms with Crippen molar-refractivity contribution in [2.75, 3.05) is 13.2 Å². The van der Waals surface area contributed by atoms with Gasteiger partial charge in [-0.25, -0.2) is 0 Å². The number of rotatable bonds is 11. The molecule has 0 bridgehead atoms. The summed E-state index contributed by atoms with van der Waals surface area (Å²) in [5.74, 6) is -0.797. The molecule has 108 valence electrons. The number of aliphatic carboxylic acids is 1. The lowest BCUT2D eigenvalue weighted by Gasteiger charge is -2.31. The minimum Gasteiger partial charge on any atom is -0.481 e. The Balaban J connectivity index is 4.55. The van der Waals surface area contributed by atoms with Gasteiger partial charge in [0.25, 0.3) is 0 Å². The summed E-state index contributed by atoms with van der Waals surface area (Å²) in [6.07, 6.45) is 1.60. The molecule has 1 N–H and O–H groups in total. The molecule has 0 aliphatic rings. The Morgan fingerprint density at radius 1 is 1.22 bits per heavy atom. The van der Waals surface area contributed by atoms with Gasteiger partial charge in [-0.3, -0.25) is 4.79 Å². The zero-order chi connectivity index (χ0) is 14.0. The molecule has 1 atom stereocenters. The third-order valence-electron chi connectivity index (χ3n) is 2.56. The average molecular weight is 278 g/mol. The first-order valence-corrected chi connectivity index (χ1v) is 8.60. The van der Waals surface area contributed by atoms with Crippen molar-refractivity contribution < 1.29 is 23.2 Å². The van der Waals surface area contributed by atoms with Gasteiger partial charge in [-0.2, -0.15) is 0 Å². The second kappa shape index (κ2) is 9.49. The van der Waals surface area contributed by atoms with E-state index in [1.165, 1.54) is 0 Å². The molecule has 0 heterocycles. The summed E-state index contributed by atoms with van der Waals surface area (Å²) < 4.78 is 17.4. The molecule has 5 nitrogen and oxygen atoms in total. The van der Waals surface area contributed by atoms with E-state index in [1.54, 1.807) is 0 Å². The lowest BCUT2D eigenvalue weighted by atomic mass is 10.3. The molecule has 6 heteroatoms. The van der Waals surface area contributed by atoms with Crippen LogP contribution in [0.1, 0.15) is 47.0 Å². The van der Waals surface area contributed by atoms with Crippen LogP contribution in [0.15, 0.2) is 0 Å². The normalized spacial score (nSPS) is 13.6. The molecule has 18 heavy (non-hydrogen) atoms. The van der Waals surface area contributed by atoms with Crippen LogP contribution in [0, 0.1) is 0 Å². The van der Waals surface area contributed by atoms with E-state index in [2.05, 4.69) is 0 Å². The largest absolute Gasteiger partial charge is 0.501 e. The van der Waals surface area contributed by atoms with Crippen LogP contribution in [-0.4, -0.2) is 39.2 Å². The molecule has 0 radical (unpaired) electrons. The Morgan fingerprint density at radius 2 is 1.78 bits per heavy atom. The first kappa shape index (κ1) is 17.6. The fourth-order valence-electron chi connectivity index (χ4n) is 1.60. The predicted octanol–water partition coefficient (Wildman–Crippen LogP) is 2.68. The second-order valence-electron chi connectivity index (χ2n) is 4.13. The van der Waals surface area contributed by atoms with Crippen molar-refractivity contribution in [3.8, 4) is 0 Å². The molecule has 0 aromatic carbocycles. The average Bonchev–Trinajstić information content (AvgIpc) is 2.29. The molecule has 0 aromatic heterocycles. The summed E-state index contributed by atoms with van der Waals surface area (Å²) in [6, 6.07) is 0.561. The predicted molar refractivity (Wildman–Crippen MR) is 71.5 cm³/mol. The lowest BCUT2D eigenvalue weighted by Crippen LogP contribution is -2.48. The van der Waals surface area contributed by atoms with Crippen molar-refractivity contribution in [1.29, 1.82) is 0 Å². The van der Waals surface area contributed by atoms with Crippen LogP contribution in [0.2, 0.25) is 6.04 Å². The van der Waals surface area contributed by atoms with Crippen molar-refractivity contribution in [3.05, 3.63) is 0 Å². The third kappa shape index (κ3) is 7.10. The van der Waals surface area contributed by atoms with Crippen LogP contribution in [0.5, 0.6) is 0 Å². The number of carboxylic acid groups (broad SMARTS) is 1. The Bertz CT molecular complexity index is 229. The zero-order valence-electron chi connectivity index (χ0n) is 11.9. The van der Waals surface area contributed by atoms with Gasteiger partial charge in [0.2, 0.25) is 0 Å². The molecule has 0 saturated carbocycles.